The van der Waals surface area contributed by atoms with Gasteiger partial charge in [-0.15, -0.1) is 23.1 Å². The zero-order valence-corrected chi connectivity index (χ0v) is 10.9. The van der Waals surface area contributed by atoms with Gasteiger partial charge in [-0.2, -0.15) is 0 Å². The van der Waals surface area contributed by atoms with E-state index in [0.717, 1.165) is 15.1 Å². The van der Waals surface area contributed by atoms with Crippen LogP contribution in [0.25, 0.3) is 10.1 Å². The molecule has 2 heterocycles. The molecule has 2 rings (SSSR count). The molecule has 2 aromatic heterocycles. The molecule has 88 valence electrons. The molecule has 17 heavy (non-hydrogen) atoms. The summed E-state index contributed by atoms with van der Waals surface area (Å²) >= 11 is 2.97. The predicted molar refractivity (Wildman–Crippen MR) is 70.4 cm³/mol. The molecule has 0 unspecified atom stereocenters. The zero-order valence-electron chi connectivity index (χ0n) is 9.30. The summed E-state index contributed by atoms with van der Waals surface area (Å²) in [6, 6.07) is 3.72. The highest BCUT2D eigenvalue weighted by Gasteiger charge is 2.15. The number of aromatic nitrogens is 1. The van der Waals surface area contributed by atoms with Crippen molar-refractivity contribution >= 4 is 44.7 Å². The molecular formula is C11H10N2O2S2. The highest BCUT2D eigenvalue weighted by Crippen LogP contribution is 2.32. The van der Waals surface area contributed by atoms with Crippen LogP contribution in [0, 0.1) is 0 Å². The van der Waals surface area contributed by atoms with Crippen LogP contribution >= 0.6 is 23.1 Å². The second kappa shape index (κ2) is 4.85. The van der Waals surface area contributed by atoms with E-state index in [1.807, 2.05) is 18.4 Å². The van der Waals surface area contributed by atoms with Gasteiger partial charge in [-0.05, 0) is 23.8 Å². The molecule has 0 spiro atoms. The van der Waals surface area contributed by atoms with E-state index in [0.29, 0.717) is 4.88 Å². The third-order valence-corrected chi connectivity index (χ3v) is 4.25. The summed E-state index contributed by atoms with van der Waals surface area (Å²) in [5, 5.41) is 13.8. The van der Waals surface area contributed by atoms with Crippen LogP contribution in [0.5, 0.6) is 0 Å². The fourth-order valence-electron chi connectivity index (χ4n) is 1.50. The molecule has 0 saturated heterocycles. The lowest BCUT2D eigenvalue weighted by molar-refractivity contribution is -0.111. The molecule has 0 bridgehead atoms. The first-order chi connectivity index (χ1) is 8.17. The van der Waals surface area contributed by atoms with Crippen LogP contribution in [0.2, 0.25) is 0 Å². The quantitative estimate of drug-likeness (QED) is 0.401. The summed E-state index contributed by atoms with van der Waals surface area (Å²) in [4.78, 5) is 16.2. The zero-order chi connectivity index (χ0) is 12.4. The van der Waals surface area contributed by atoms with Crippen molar-refractivity contribution < 1.29 is 10.0 Å². The Balaban J connectivity index is 2.62. The van der Waals surface area contributed by atoms with Crippen molar-refractivity contribution in [3.8, 4) is 0 Å². The first kappa shape index (κ1) is 12.1. The first-order valence-corrected chi connectivity index (χ1v) is 6.87. The lowest BCUT2D eigenvalue weighted by Crippen LogP contribution is -2.09. The minimum atomic E-state index is -0.252. The van der Waals surface area contributed by atoms with Gasteiger partial charge in [0.25, 0.3) is 0 Å². The number of fused-ring (bicyclic) bond motifs is 1. The number of thioether (sulfide) groups is 1. The van der Waals surface area contributed by atoms with Crippen LogP contribution in [0.4, 0.5) is 0 Å². The van der Waals surface area contributed by atoms with Crippen molar-refractivity contribution in [3.05, 3.63) is 23.2 Å². The average Bonchev–Trinajstić information content (AvgIpc) is 2.72. The van der Waals surface area contributed by atoms with Crippen molar-refractivity contribution in [1.29, 1.82) is 0 Å². The minimum Gasteiger partial charge on any atom is -0.410 e. The number of carbonyl (C=O) groups is 1. The van der Waals surface area contributed by atoms with Crippen molar-refractivity contribution in [3.63, 3.8) is 0 Å². The Morgan fingerprint density at radius 3 is 2.94 bits per heavy atom. The summed E-state index contributed by atoms with van der Waals surface area (Å²) in [7, 11) is 0. The highest BCUT2D eigenvalue weighted by molar-refractivity contribution is 7.98. The number of rotatable bonds is 3. The fraction of sp³-hybridized carbons (Fsp3) is 0.182. The van der Waals surface area contributed by atoms with E-state index >= 15 is 0 Å². The maximum absolute atomic E-state index is 11.3. The van der Waals surface area contributed by atoms with E-state index in [2.05, 4.69) is 10.1 Å². The van der Waals surface area contributed by atoms with Gasteiger partial charge in [0.2, 0.25) is 0 Å². The molecule has 0 fully saturated rings. The minimum absolute atomic E-state index is 0.0956. The first-order valence-electron chi connectivity index (χ1n) is 4.83. The Hall–Kier alpha value is -1.40. The van der Waals surface area contributed by atoms with E-state index in [-0.39, 0.29) is 11.5 Å². The lowest BCUT2D eigenvalue weighted by atomic mass is 10.2. The SMILES string of the molecule is CSc1nccc2cc(/C(=N\O)C(C)=O)sc12. The lowest BCUT2D eigenvalue weighted by Gasteiger charge is -1.95. The summed E-state index contributed by atoms with van der Waals surface area (Å²) in [5.74, 6) is -0.252. The van der Waals surface area contributed by atoms with E-state index in [9.17, 15) is 4.79 Å². The Kier molecular flexibility index (Phi) is 3.44. The number of carbonyl (C=O) groups excluding carboxylic acids is 1. The molecule has 0 atom stereocenters. The van der Waals surface area contributed by atoms with Crippen LogP contribution in [-0.4, -0.2) is 27.9 Å². The monoisotopic (exact) mass is 266 g/mol. The normalized spacial score (nSPS) is 12.0. The fourth-order valence-corrected chi connectivity index (χ4v) is 3.41. The Morgan fingerprint density at radius 2 is 2.35 bits per heavy atom. The van der Waals surface area contributed by atoms with E-state index in [1.54, 1.807) is 18.0 Å². The van der Waals surface area contributed by atoms with E-state index in [4.69, 9.17) is 5.21 Å². The molecule has 0 amide bonds. The number of hydrogen-bond donors (Lipinski definition) is 1. The number of ketones is 1. The van der Waals surface area contributed by atoms with Gasteiger partial charge < -0.3 is 5.21 Å². The second-order valence-electron chi connectivity index (χ2n) is 3.35. The molecular weight excluding hydrogens is 256 g/mol. The molecule has 4 nitrogen and oxygen atoms in total. The molecule has 0 aliphatic rings. The molecule has 1 N–H and O–H groups in total. The summed E-state index contributed by atoms with van der Waals surface area (Å²) in [6.45, 7) is 1.38. The Morgan fingerprint density at radius 1 is 1.59 bits per heavy atom. The average molecular weight is 266 g/mol. The molecule has 0 aliphatic heterocycles. The van der Waals surface area contributed by atoms with Crippen LogP contribution in [0.1, 0.15) is 11.8 Å². The summed E-state index contributed by atoms with van der Waals surface area (Å²) in [6.07, 6.45) is 3.68. The molecule has 0 radical (unpaired) electrons. The second-order valence-corrected chi connectivity index (χ2v) is 5.20. The van der Waals surface area contributed by atoms with Crippen molar-refractivity contribution in [2.24, 2.45) is 5.16 Å². The van der Waals surface area contributed by atoms with Crippen molar-refractivity contribution in [2.45, 2.75) is 11.9 Å². The Labute approximate surface area is 106 Å². The third-order valence-electron chi connectivity index (χ3n) is 2.26. The van der Waals surface area contributed by atoms with Gasteiger partial charge >= 0.3 is 0 Å². The van der Waals surface area contributed by atoms with Crippen LogP contribution in [0.3, 0.4) is 0 Å². The standard InChI is InChI=1S/C11H10N2O2S2/c1-6(14)9(13-15)8-5-7-3-4-12-11(16-2)10(7)17-8/h3-5,15H,1-2H3/b13-9-. The number of Topliss-reactive ketones (excluding diaryl/α,β-unsaturated/α-hetero) is 1. The maximum atomic E-state index is 11.3. The third kappa shape index (κ3) is 2.18. The van der Waals surface area contributed by atoms with Crippen LogP contribution in [-0.2, 0) is 4.79 Å². The highest BCUT2D eigenvalue weighted by atomic mass is 32.2. The van der Waals surface area contributed by atoms with E-state index in [1.165, 1.54) is 18.3 Å². The number of pyridine rings is 1. The van der Waals surface area contributed by atoms with Gasteiger partial charge in [0.15, 0.2) is 11.5 Å². The molecule has 0 aliphatic carbocycles. The largest absolute Gasteiger partial charge is 0.410 e. The Bertz CT molecular complexity index is 605. The van der Waals surface area contributed by atoms with Gasteiger partial charge in [0.05, 0.1) is 9.58 Å². The van der Waals surface area contributed by atoms with Crippen LogP contribution < -0.4 is 0 Å². The van der Waals surface area contributed by atoms with Gasteiger partial charge in [-0.25, -0.2) is 4.98 Å². The van der Waals surface area contributed by atoms with Gasteiger partial charge in [-0.3, -0.25) is 4.79 Å². The van der Waals surface area contributed by atoms with Gasteiger partial charge in [-0.1, -0.05) is 5.16 Å². The smallest absolute Gasteiger partial charge is 0.182 e. The molecule has 2 aromatic rings. The molecule has 0 aromatic carbocycles. The van der Waals surface area contributed by atoms with Crippen LogP contribution in [0.15, 0.2) is 28.5 Å². The van der Waals surface area contributed by atoms with Gasteiger partial charge in [0.1, 0.15) is 5.03 Å². The number of hydrogen-bond acceptors (Lipinski definition) is 6. The molecule has 0 saturated carbocycles. The summed E-state index contributed by atoms with van der Waals surface area (Å²) in [5.41, 5.74) is 0.0956. The predicted octanol–water partition coefficient (Wildman–Crippen LogP) is 2.79. The van der Waals surface area contributed by atoms with Gasteiger partial charge in [0, 0.05) is 13.1 Å². The maximum Gasteiger partial charge on any atom is 0.182 e. The number of oxime groups is 1. The number of nitrogens with zero attached hydrogens (tertiary/aromatic N) is 2. The number of thiophene rings is 1. The van der Waals surface area contributed by atoms with Crippen molar-refractivity contribution in [1.82, 2.24) is 4.98 Å². The summed E-state index contributed by atoms with van der Waals surface area (Å²) < 4.78 is 1.01. The topological polar surface area (TPSA) is 62.6 Å². The molecule has 6 heteroatoms. The van der Waals surface area contributed by atoms with Crippen molar-refractivity contribution in [2.75, 3.05) is 6.26 Å². The van der Waals surface area contributed by atoms with E-state index < -0.39 is 0 Å².